The van der Waals surface area contributed by atoms with Crippen molar-refractivity contribution in [3.8, 4) is 28.7 Å². The van der Waals surface area contributed by atoms with E-state index in [0.717, 1.165) is 40.0 Å². The zero-order valence-electron chi connectivity index (χ0n) is 13.9. The van der Waals surface area contributed by atoms with Gasteiger partial charge in [0.15, 0.2) is 17.3 Å². The Kier molecular flexibility index (Phi) is 4.30. The second-order valence-corrected chi connectivity index (χ2v) is 5.72. The fraction of sp³-hybridized carbons (Fsp3) is 0.278. The molecule has 2 N–H and O–H groups in total. The molecule has 3 heterocycles. The molecule has 4 rings (SSSR count). The number of aryl methyl sites for hydroxylation is 1. The smallest absolute Gasteiger partial charge is 0.231 e. The summed E-state index contributed by atoms with van der Waals surface area (Å²) >= 11 is 0. The van der Waals surface area contributed by atoms with Gasteiger partial charge in [-0.3, -0.25) is 5.10 Å². The van der Waals surface area contributed by atoms with Gasteiger partial charge in [0.05, 0.1) is 6.20 Å². The van der Waals surface area contributed by atoms with Gasteiger partial charge in [-0.05, 0) is 31.2 Å². The van der Waals surface area contributed by atoms with Gasteiger partial charge >= 0.3 is 0 Å². The van der Waals surface area contributed by atoms with Crippen LogP contribution in [0, 0.1) is 6.92 Å². The number of fused-ring (bicyclic) bond motifs is 1. The van der Waals surface area contributed by atoms with Gasteiger partial charge in [-0.1, -0.05) is 0 Å². The van der Waals surface area contributed by atoms with Gasteiger partial charge in [-0.25, -0.2) is 0 Å². The minimum Gasteiger partial charge on any atom is -0.492 e. The zero-order valence-corrected chi connectivity index (χ0v) is 13.9. The maximum atomic E-state index is 5.73. The summed E-state index contributed by atoms with van der Waals surface area (Å²) in [4.78, 5) is 0. The number of nitrogens with zero attached hydrogens (tertiary/aromatic N) is 1. The Labute approximate surface area is 144 Å². The minimum atomic E-state index is 0.266. The Morgan fingerprint density at radius 1 is 1.20 bits per heavy atom. The summed E-state index contributed by atoms with van der Waals surface area (Å²) in [6, 6.07) is 9.45. The van der Waals surface area contributed by atoms with Crippen molar-refractivity contribution in [3.63, 3.8) is 0 Å². The Hall–Kier alpha value is -2.93. The molecule has 0 aliphatic carbocycles. The summed E-state index contributed by atoms with van der Waals surface area (Å²) in [6.07, 6.45) is 1.80. The highest BCUT2D eigenvalue weighted by molar-refractivity contribution is 5.56. The van der Waals surface area contributed by atoms with E-state index in [1.54, 1.807) is 6.20 Å². The topological polar surface area (TPSA) is 81.5 Å². The molecular weight excluding hydrogens is 322 g/mol. The van der Waals surface area contributed by atoms with E-state index in [1.165, 1.54) is 0 Å². The van der Waals surface area contributed by atoms with Gasteiger partial charge < -0.3 is 23.9 Å². The van der Waals surface area contributed by atoms with E-state index in [4.69, 9.17) is 18.6 Å². The van der Waals surface area contributed by atoms with E-state index < -0.39 is 0 Å². The maximum absolute atomic E-state index is 5.73. The van der Waals surface area contributed by atoms with Crippen molar-refractivity contribution < 1.29 is 18.6 Å². The molecule has 1 aliphatic heterocycles. The van der Waals surface area contributed by atoms with Crippen molar-refractivity contribution in [2.45, 2.75) is 13.5 Å². The molecule has 0 radical (unpaired) electrons. The molecule has 0 bridgehead atoms. The lowest BCUT2D eigenvalue weighted by atomic mass is 10.2. The number of H-pyrrole nitrogens is 1. The van der Waals surface area contributed by atoms with E-state index in [-0.39, 0.29) is 6.79 Å². The molecule has 0 fully saturated rings. The van der Waals surface area contributed by atoms with E-state index >= 15 is 0 Å². The molecule has 7 nitrogen and oxygen atoms in total. The largest absolute Gasteiger partial charge is 0.492 e. The average Bonchev–Trinajstić information content (AvgIpc) is 3.34. The molecule has 0 atom stereocenters. The van der Waals surface area contributed by atoms with E-state index in [0.29, 0.717) is 19.7 Å². The number of rotatable bonds is 7. The molecule has 7 heteroatoms. The van der Waals surface area contributed by atoms with Gasteiger partial charge in [0, 0.05) is 24.7 Å². The lowest BCUT2D eigenvalue weighted by Gasteiger charge is -2.08. The summed E-state index contributed by atoms with van der Waals surface area (Å²) in [7, 11) is 0. The van der Waals surface area contributed by atoms with Crippen molar-refractivity contribution in [1.29, 1.82) is 0 Å². The third kappa shape index (κ3) is 3.46. The monoisotopic (exact) mass is 341 g/mol. The minimum absolute atomic E-state index is 0.266. The molecule has 1 aromatic carbocycles. The summed E-state index contributed by atoms with van der Waals surface area (Å²) < 4.78 is 22.0. The van der Waals surface area contributed by atoms with E-state index in [1.807, 2.05) is 37.3 Å². The molecule has 25 heavy (non-hydrogen) atoms. The first kappa shape index (κ1) is 15.6. The highest BCUT2D eigenvalue weighted by atomic mass is 16.7. The summed E-state index contributed by atoms with van der Waals surface area (Å²) in [5.74, 6) is 3.92. The molecule has 0 saturated heterocycles. The zero-order chi connectivity index (χ0) is 17.1. The number of nitrogens with one attached hydrogen (secondary N) is 2. The van der Waals surface area contributed by atoms with Crippen LogP contribution in [0.4, 0.5) is 0 Å². The highest BCUT2D eigenvalue weighted by Gasteiger charge is 2.14. The van der Waals surface area contributed by atoms with Gasteiger partial charge in [0.1, 0.15) is 23.8 Å². The van der Waals surface area contributed by atoms with Crippen LogP contribution < -0.4 is 19.5 Å². The van der Waals surface area contributed by atoms with Crippen molar-refractivity contribution in [3.05, 3.63) is 47.9 Å². The van der Waals surface area contributed by atoms with Crippen LogP contribution in [0.5, 0.6) is 17.2 Å². The maximum Gasteiger partial charge on any atom is 0.231 e. The van der Waals surface area contributed by atoms with Crippen LogP contribution in [-0.4, -0.2) is 30.1 Å². The van der Waals surface area contributed by atoms with Gasteiger partial charge in [0.2, 0.25) is 6.79 Å². The van der Waals surface area contributed by atoms with Crippen molar-refractivity contribution in [2.24, 2.45) is 0 Å². The summed E-state index contributed by atoms with van der Waals surface area (Å²) in [5.41, 5.74) is 1.95. The SMILES string of the molecule is Cc1ccc(-c2[nH]ncc2CNCCOc2ccc3c(c2)OCO3)o1. The molecule has 1 aliphatic rings. The molecule has 2 aromatic heterocycles. The van der Waals surface area contributed by atoms with Crippen LogP contribution in [0.3, 0.4) is 0 Å². The average molecular weight is 341 g/mol. The standard InChI is InChI=1S/C18H19N3O4/c1-12-2-4-16(25-12)18-13(10-20-21-18)9-19-6-7-22-14-3-5-15-17(8-14)24-11-23-15/h2-5,8,10,19H,6-7,9,11H2,1H3,(H,20,21). The normalized spacial score (nSPS) is 12.5. The molecule has 0 unspecified atom stereocenters. The Morgan fingerprint density at radius 2 is 2.12 bits per heavy atom. The molecule has 0 amide bonds. The first-order valence-electron chi connectivity index (χ1n) is 8.12. The first-order valence-corrected chi connectivity index (χ1v) is 8.12. The number of benzene rings is 1. The van der Waals surface area contributed by atoms with Crippen LogP contribution in [0.25, 0.3) is 11.5 Å². The number of hydrogen-bond acceptors (Lipinski definition) is 6. The number of aromatic amines is 1. The second-order valence-electron chi connectivity index (χ2n) is 5.72. The predicted molar refractivity (Wildman–Crippen MR) is 90.8 cm³/mol. The third-order valence-corrected chi connectivity index (χ3v) is 3.91. The first-order chi connectivity index (χ1) is 12.3. The third-order valence-electron chi connectivity index (χ3n) is 3.91. The lowest BCUT2D eigenvalue weighted by Crippen LogP contribution is -2.20. The fourth-order valence-corrected chi connectivity index (χ4v) is 2.66. The number of furan rings is 1. The Bertz CT molecular complexity index is 856. The van der Waals surface area contributed by atoms with Crippen LogP contribution in [-0.2, 0) is 6.54 Å². The van der Waals surface area contributed by atoms with Crippen LogP contribution in [0.15, 0.2) is 40.9 Å². The van der Waals surface area contributed by atoms with Crippen molar-refractivity contribution >= 4 is 0 Å². The highest BCUT2D eigenvalue weighted by Crippen LogP contribution is 2.35. The lowest BCUT2D eigenvalue weighted by molar-refractivity contribution is 0.173. The molecule has 0 saturated carbocycles. The number of aromatic nitrogens is 2. The Morgan fingerprint density at radius 3 is 3.00 bits per heavy atom. The van der Waals surface area contributed by atoms with Crippen LogP contribution in [0.2, 0.25) is 0 Å². The fourth-order valence-electron chi connectivity index (χ4n) is 2.66. The number of ether oxygens (including phenoxy) is 3. The molecular formula is C18H19N3O4. The quantitative estimate of drug-likeness (QED) is 0.643. The molecule has 0 spiro atoms. The van der Waals surface area contributed by atoms with E-state index in [2.05, 4.69) is 15.5 Å². The van der Waals surface area contributed by atoms with Gasteiger partial charge in [0.25, 0.3) is 0 Å². The summed E-state index contributed by atoms with van der Waals surface area (Å²) in [5, 5.41) is 10.4. The molecule has 130 valence electrons. The van der Waals surface area contributed by atoms with E-state index in [9.17, 15) is 0 Å². The summed E-state index contributed by atoms with van der Waals surface area (Å²) in [6.45, 7) is 4.12. The van der Waals surface area contributed by atoms with Crippen LogP contribution >= 0.6 is 0 Å². The Balaban J connectivity index is 1.26. The van der Waals surface area contributed by atoms with Crippen molar-refractivity contribution in [2.75, 3.05) is 19.9 Å². The second kappa shape index (κ2) is 6.90. The van der Waals surface area contributed by atoms with Crippen molar-refractivity contribution in [1.82, 2.24) is 15.5 Å². The van der Waals surface area contributed by atoms with Gasteiger partial charge in [-0.2, -0.15) is 5.10 Å². The van der Waals surface area contributed by atoms with Gasteiger partial charge in [-0.15, -0.1) is 0 Å². The van der Waals surface area contributed by atoms with Crippen LogP contribution in [0.1, 0.15) is 11.3 Å². The number of hydrogen-bond donors (Lipinski definition) is 2. The molecule has 3 aromatic rings. The predicted octanol–water partition coefficient (Wildman–Crippen LogP) is 2.88.